The van der Waals surface area contributed by atoms with Crippen LogP contribution < -0.4 is 10.6 Å². The van der Waals surface area contributed by atoms with Gasteiger partial charge in [0.1, 0.15) is 0 Å². The number of ether oxygens (including phenoxy) is 1. The predicted molar refractivity (Wildman–Crippen MR) is 95.0 cm³/mol. The molecule has 0 heterocycles. The van der Waals surface area contributed by atoms with Crippen LogP contribution >= 0.6 is 0 Å². The number of guanidine groups is 1. The van der Waals surface area contributed by atoms with Gasteiger partial charge in [0, 0.05) is 55.2 Å². The van der Waals surface area contributed by atoms with Crippen molar-refractivity contribution in [1.82, 2.24) is 10.6 Å². The minimum Gasteiger partial charge on any atom is -0.385 e. The first-order valence-electron chi connectivity index (χ1n) is 8.54. The second-order valence-corrected chi connectivity index (χ2v) is 7.86. The highest BCUT2D eigenvalue weighted by atomic mass is 32.2. The number of hydrogen-bond donors (Lipinski definition) is 2. The molecule has 3 atom stereocenters. The number of nitrogens with zero attached hydrogens (tertiary/aromatic N) is 1. The molecule has 130 valence electrons. The van der Waals surface area contributed by atoms with E-state index in [9.17, 15) is 4.21 Å². The van der Waals surface area contributed by atoms with Crippen molar-refractivity contribution in [3.05, 3.63) is 0 Å². The third-order valence-electron chi connectivity index (χ3n) is 4.16. The zero-order chi connectivity index (χ0) is 16.2. The van der Waals surface area contributed by atoms with E-state index in [2.05, 4.69) is 15.6 Å². The van der Waals surface area contributed by atoms with Crippen LogP contribution in [0.4, 0.5) is 0 Å². The SMILES string of the molecule is CCS(=O)C1CCCC(NC(=NC)NCCCCCOC)C1. The second kappa shape index (κ2) is 11.9. The van der Waals surface area contributed by atoms with Crippen LogP contribution in [0.1, 0.15) is 51.9 Å². The van der Waals surface area contributed by atoms with E-state index < -0.39 is 10.8 Å². The minimum atomic E-state index is -0.673. The van der Waals surface area contributed by atoms with Crippen LogP contribution in [0.15, 0.2) is 4.99 Å². The summed E-state index contributed by atoms with van der Waals surface area (Å²) in [5.41, 5.74) is 0. The molecule has 3 unspecified atom stereocenters. The molecule has 0 aliphatic heterocycles. The van der Waals surface area contributed by atoms with Crippen molar-refractivity contribution in [2.75, 3.05) is 33.1 Å². The van der Waals surface area contributed by atoms with E-state index >= 15 is 0 Å². The molecule has 1 saturated carbocycles. The Morgan fingerprint density at radius 3 is 2.82 bits per heavy atom. The lowest BCUT2D eigenvalue weighted by Gasteiger charge is -2.30. The first kappa shape index (κ1) is 19.4. The third-order valence-corrected chi connectivity index (χ3v) is 5.91. The van der Waals surface area contributed by atoms with Crippen molar-refractivity contribution < 1.29 is 8.95 Å². The third kappa shape index (κ3) is 7.58. The maximum atomic E-state index is 12.0. The summed E-state index contributed by atoms with van der Waals surface area (Å²) in [7, 11) is 2.88. The van der Waals surface area contributed by atoms with Gasteiger partial charge in [0.05, 0.1) is 0 Å². The Kier molecular flexibility index (Phi) is 10.5. The van der Waals surface area contributed by atoms with Gasteiger partial charge in [0.15, 0.2) is 5.96 Å². The van der Waals surface area contributed by atoms with Gasteiger partial charge in [0.2, 0.25) is 0 Å². The van der Waals surface area contributed by atoms with Crippen LogP contribution in [0.3, 0.4) is 0 Å². The maximum absolute atomic E-state index is 12.0. The molecule has 1 rings (SSSR count). The number of rotatable bonds is 9. The van der Waals surface area contributed by atoms with Crippen molar-refractivity contribution in [1.29, 1.82) is 0 Å². The van der Waals surface area contributed by atoms with E-state index in [0.717, 1.165) is 63.4 Å². The molecule has 0 radical (unpaired) electrons. The molecule has 0 spiro atoms. The summed E-state index contributed by atoms with van der Waals surface area (Å²) in [6.07, 6.45) is 7.79. The topological polar surface area (TPSA) is 62.7 Å². The van der Waals surface area contributed by atoms with E-state index in [1.807, 2.05) is 14.0 Å². The molecule has 1 aliphatic rings. The zero-order valence-corrected chi connectivity index (χ0v) is 15.2. The Hall–Kier alpha value is -0.620. The van der Waals surface area contributed by atoms with Crippen molar-refractivity contribution in [3.63, 3.8) is 0 Å². The van der Waals surface area contributed by atoms with Gasteiger partial charge in [-0.2, -0.15) is 0 Å². The monoisotopic (exact) mass is 331 g/mol. The fourth-order valence-corrected chi connectivity index (χ4v) is 4.24. The molecule has 1 fully saturated rings. The number of unbranched alkanes of at least 4 members (excludes halogenated alkanes) is 2. The van der Waals surface area contributed by atoms with Crippen LogP contribution in [0.25, 0.3) is 0 Å². The highest BCUT2D eigenvalue weighted by Gasteiger charge is 2.25. The summed E-state index contributed by atoms with van der Waals surface area (Å²) in [6, 6.07) is 0.397. The normalized spacial score (nSPS) is 24.0. The largest absolute Gasteiger partial charge is 0.385 e. The molecule has 22 heavy (non-hydrogen) atoms. The zero-order valence-electron chi connectivity index (χ0n) is 14.4. The molecule has 1 aliphatic carbocycles. The second-order valence-electron chi connectivity index (χ2n) is 5.85. The molecule has 0 aromatic heterocycles. The van der Waals surface area contributed by atoms with Gasteiger partial charge < -0.3 is 15.4 Å². The lowest BCUT2D eigenvalue weighted by molar-refractivity contribution is 0.192. The Morgan fingerprint density at radius 1 is 1.32 bits per heavy atom. The van der Waals surface area contributed by atoms with Gasteiger partial charge in [-0.05, 0) is 38.5 Å². The van der Waals surface area contributed by atoms with E-state index in [-0.39, 0.29) is 0 Å². The Labute approximate surface area is 138 Å². The summed E-state index contributed by atoms with van der Waals surface area (Å²) >= 11 is 0. The van der Waals surface area contributed by atoms with Crippen LogP contribution in [0.2, 0.25) is 0 Å². The fourth-order valence-electron chi connectivity index (χ4n) is 2.89. The van der Waals surface area contributed by atoms with Crippen LogP contribution in [0.5, 0.6) is 0 Å². The average molecular weight is 332 g/mol. The minimum absolute atomic E-state index is 0.350. The van der Waals surface area contributed by atoms with E-state index in [1.165, 1.54) is 6.42 Å². The molecule has 5 nitrogen and oxygen atoms in total. The summed E-state index contributed by atoms with van der Waals surface area (Å²) in [4.78, 5) is 4.30. The molecule has 0 bridgehead atoms. The smallest absolute Gasteiger partial charge is 0.191 e. The van der Waals surface area contributed by atoms with Gasteiger partial charge in [-0.25, -0.2) is 0 Å². The van der Waals surface area contributed by atoms with Gasteiger partial charge in [-0.3, -0.25) is 9.20 Å². The highest BCUT2D eigenvalue weighted by Crippen LogP contribution is 2.22. The fraction of sp³-hybridized carbons (Fsp3) is 0.938. The quantitative estimate of drug-likeness (QED) is 0.386. The van der Waals surface area contributed by atoms with Crippen molar-refractivity contribution in [2.45, 2.75) is 63.2 Å². The molecule has 6 heteroatoms. The maximum Gasteiger partial charge on any atom is 0.191 e. The molecule has 0 aromatic carbocycles. The summed E-state index contributed by atoms with van der Waals surface area (Å²) in [5, 5.41) is 7.22. The van der Waals surface area contributed by atoms with E-state index in [0.29, 0.717) is 11.3 Å². The Balaban J connectivity index is 2.26. The molecular weight excluding hydrogens is 298 g/mol. The summed E-state index contributed by atoms with van der Waals surface area (Å²) in [6.45, 7) is 3.78. The molecule has 2 N–H and O–H groups in total. The number of aliphatic imine (C=N–C) groups is 1. The molecule has 0 saturated heterocycles. The summed E-state index contributed by atoms with van der Waals surface area (Å²) < 4.78 is 17.0. The van der Waals surface area contributed by atoms with E-state index in [1.54, 1.807) is 7.11 Å². The van der Waals surface area contributed by atoms with Crippen LogP contribution in [-0.4, -0.2) is 54.5 Å². The van der Waals surface area contributed by atoms with Gasteiger partial charge in [-0.1, -0.05) is 13.3 Å². The lowest BCUT2D eigenvalue weighted by atomic mass is 9.95. The Bertz CT molecular complexity index is 350. The van der Waals surface area contributed by atoms with Crippen molar-refractivity contribution >= 4 is 16.8 Å². The molecule has 0 amide bonds. The first-order chi connectivity index (χ1) is 10.7. The van der Waals surface area contributed by atoms with Gasteiger partial charge in [-0.15, -0.1) is 0 Å². The molecule has 0 aromatic rings. The summed E-state index contributed by atoms with van der Waals surface area (Å²) in [5.74, 6) is 1.64. The first-order valence-corrected chi connectivity index (χ1v) is 9.92. The van der Waals surface area contributed by atoms with Crippen LogP contribution in [-0.2, 0) is 15.5 Å². The Morgan fingerprint density at radius 2 is 2.14 bits per heavy atom. The highest BCUT2D eigenvalue weighted by molar-refractivity contribution is 7.85. The standard InChI is InChI=1S/C16H33N3O2S/c1-4-22(20)15-10-8-9-14(13-15)19-16(17-2)18-11-6-5-7-12-21-3/h14-15H,4-13H2,1-3H3,(H2,17,18,19). The average Bonchev–Trinajstić information content (AvgIpc) is 2.56. The lowest BCUT2D eigenvalue weighted by Crippen LogP contribution is -2.46. The van der Waals surface area contributed by atoms with Gasteiger partial charge >= 0.3 is 0 Å². The van der Waals surface area contributed by atoms with E-state index in [4.69, 9.17) is 4.74 Å². The van der Waals surface area contributed by atoms with Crippen molar-refractivity contribution in [3.8, 4) is 0 Å². The number of nitrogens with one attached hydrogen (secondary N) is 2. The van der Waals surface area contributed by atoms with Gasteiger partial charge in [0.25, 0.3) is 0 Å². The van der Waals surface area contributed by atoms with Crippen molar-refractivity contribution in [2.24, 2.45) is 4.99 Å². The number of methoxy groups -OCH3 is 1. The van der Waals surface area contributed by atoms with Crippen LogP contribution in [0, 0.1) is 0 Å². The molecular formula is C16H33N3O2S. The number of hydrogen-bond acceptors (Lipinski definition) is 3. The predicted octanol–water partition coefficient (Wildman–Crippen LogP) is 2.05.